The Hall–Kier alpha value is -2.24. The lowest BCUT2D eigenvalue weighted by Crippen LogP contribution is -2.27. The van der Waals surface area contributed by atoms with Crippen molar-refractivity contribution in [3.05, 3.63) is 40.3 Å². The second-order valence-electron chi connectivity index (χ2n) is 3.88. The van der Waals surface area contributed by atoms with Gasteiger partial charge in [0.15, 0.2) is 0 Å². The standard InChI is InChI=1S/C13H20N2O2.HN3/c1-3-15(4-2)9-10-17-13(16)11-5-7-12(14)8-6-11;1-3-2/h5-8H,3-4,9-10,14H2,1-2H3;1H. The van der Waals surface area contributed by atoms with E-state index in [1.54, 1.807) is 29.2 Å². The van der Waals surface area contributed by atoms with E-state index in [4.69, 9.17) is 21.5 Å². The molecule has 0 atom stereocenters. The number of esters is 1. The number of likely N-dealkylation sites (N-methyl/N-ethyl adjacent to an activating group) is 1. The maximum absolute atomic E-state index is 11.6. The van der Waals surface area contributed by atoms with Crippen LogP contribution in [0.1, 0.15) is 24.2 Å². The van der Waals surface area contributed by atoms with E-state index in [1.165, 1.54) is 0 Å². The lowest BCUT2D eigenvalue weighted by atomic mass is 10.2. The van der Waals surface area contributed by atoms with Gasteiger partial charge in [-0.25, -0.2) is 4.79 Å². The van der Waals surface area contributed by atoms with Gasteiger partial charge >= 0.3 is 5.97 Å². The van der Waals surface area contributed by atoms with Crippen LogP contribution < -0.4 is 5.73 Å². The van der Waals surface area contributed by atoms with Gasteiger partial charge in [0.25, 0.3) is 0 Å². The Bertz CT molecular complexity index is 423. The van der Waals surface area contributed by atoms with Gasteiger partial charge in [0.1, 0.15) is 6.61 Å². The minimum absolute atomic E-state index is 0.294. The molecule has 0 aliphatic rings. The molecule has 1 aromatic rings. The van der Waals surface area contributed by atoms with Crippen molar-refractivity contribution in [3.63, 3.8) is 0 Å². The van der Waals surface area contributed by atoms with E-state index in [2.05, 4.69) is 18.7 Å². The minimum atomic E-state index is -0.294. The normalized spacial score (nSPS) is 9.35. The third-order valence-electron chi connectivity index (χ3n) is 2.68. The van der Waals surface area contributed by atoms with Gasteiger partial charge in [0, 0.05) is 12.2 Å². The highest BCUT2D eigenvalue weighted by Gasteiger charge is 2.07. The van der Waals surface area contributed by atoms with Crippen molar-refractivity contribution in [2.24, 2.45) is 0 Å². The largest absolute Gasteiger partial charge is 0.461 e. The second-order valence-corrected chi connectivity index (χ2v) is 3.88. The fourth-order valence-electron chi connectivity index (χ4n) is 1.51. The van der Waals surface area contributed by atoms with Gasteiger partial charge in [0.2, 0.25) is 0 Å². The van der Waals surface area contributed by atoms with Gasteiger partial charge in [-0.2, -0.15) is 0 Å². The molecule has 7 heteroatoms. The van der Waals surface area contributed by atoms with Gasteiger partial charge < -0.3 is 15.4 Å². The van der Waals surface area contributed by atoms with E-state index in [9.17, 15) is 4.79 Å². The number of ether oxygens (including phenoxy) is 1. The molecule has 0 bridgehead atoms. The fraction of sp³-hybridized carbons (Fsp3) is 0.462. The number of carbonyl (C=O) groups excluding carboxylic acids is 1. The second kappa shape index (κ2) is 10.7. The Balaban J connectivity index is 0.00000110. The zero-order chi connectivity index (χ0) is 15.4. The molecule has 0 fully saturated rings. The summed E-state index contributed by atoms with van der Waals surface area (Å²) >= 11 is 0. The molecule has 0 unspecified atom stereocenters. The smallest absolute Gasteiger partial charge is 0.338 e. The van der Waals surface area contributed by atoms with Crippen molar-refractivity contribution in [1.82, 2.24) is 4.90 Å². The van der Waals surface area contributed by atoms with E-state index in [-0.39, 0.29) is 5.97 Å². The van der Waals surface area contributed by atoms with Gasteiger partial charge in [-0.3, -0.25) is 0 Å². The van der Waals surface area contributed by atoms with Crippen LogP contribution in [0.3, 0.4) is 0 Å². The predicted octanol–water partition coefficient (Wildman–Crippen LogP) is 2.64. The molecule has 0 aliphatic heterocycles. The maximum atomic E-state index is 11.6. The third-order valence-corrected chi connectivity index (χ3v) is 2.68. The summed E-state index contributed by atoms with van der Waals surface area (Å²) in [6.07, 6.45) is 0. The third kappa shape index (κ3) is 7.25. The zero-order valence-electron chi connectivity index (χ0n) is 11.9. The van der Waals surface area contributed by atoms with Gasteiger partial charge in [0.05, 0.1) is 5.56 Å². The monoisotopic (exact) mass is 279 g/mol. The lowest BCUT2D eigenvalue weighted by Gasteiger charge is -2.17. The Morgan fingerprint density at radius 1 is 1.35 bits per heavy atom. The average Bonchev–Trinajstić information content (AvgIpc) is 2.45. The summed E-state index contributed by atoms with van der Waals surface area (Å²) < 4.78 is 5.18. The van der Waals surface area contributed by atoms with Crippen LogP contribution in [0, 0.1) is 5.53 Å². The van der Waals surface area contributed by atoms with Crippen molar-refractivity contribution in [1.29, 1.82) is 5.53 Å². The summed E-state index contributed by atoms with van der Waals surface area (Å²) in [6, 6.07) is 6.74. The summed E-state index contributed by atoms with van der Waals surface area (Å²) in [5, 5.41) is 0. The number of nitrogens with one attached hydrogen (secondary N) is 1. The summed E-state index contributed by atoms with van der Waals surface area (Å²) in [7, 11) is 0. The molecular weight excluding hydrogens is 258 g/mol. The molecule has 0 aromatic heterocycles. The predicted molar refractivity (Wildman–Crippen MR) is 78.4 cm³/mol. The number of hydrogen-bond donors (Lipinski definition) is 2. The van der Waals surface area contributed by atoms with E-state index < -0.39 is 0 Å². The molecule has 110 valence electrons. The van der Waals surface area contributed by atoms with Crippen molar-refractivity contribution in [3.8, 4) is 0 Å². The van der Waals surface area contributed by atoms with Crippen LogP contribution in [0.5, 0.6) is 0 Å². The zero-order valence-corrected chi connectivity index (χ0v) is 11.9. The first kappa shape index (κ1) is 17.8. The first-order chi connectivity index (χ1) is 9.58. The number of rotatable bonds is 6. The Labute approximate surface area is 118 Å². The van der Waals surface area contributed by atoms with Crippen molar-refractivity contribution in [2.45, 2.75) is 13.8 Å². The average molecular weight is 279 g/mol. The molecule has 20 heavy (non-hydrogen) atoms. The van der Waals surface area contributed by atoms with Gasteiger partial charge in [-0.1, -0.05) is 13.8 Å². The lowest BCUT2D eigenvalue weighted by molar-refractivity contribution is 0.0466. The summed E-state index contributed by atoms with van der Waals surface area (Å²) in [6.45, 7) is 7.31. The SMILES string of the molecule is CCN(CC)CCOC(=O)c1ccc(N)cc1.[N-]=[N+]=N. The van der Waals surface area contributed by atoms with E-state index >= 15 is 0 Å². The topological polar surface area (TPSA) is 116 Å². The van der Waals surface area contributed by atoms with Crippen molar-refractivity contribution >= 4 is 11.7 Å². The molecule has 1 aromatic carbocycles. The van der Waals surface area contributed by atoms with Crippen molar-refractivity contribution in [2.75, 3.05) is 32.0 Å². The first-order valence-corrected chi connectivity index (χ1v) is 6.34. The Morgan fingerprint density at radius 2 is 1.85 bits per heavy atom. The maximum Gasteiger partial charge on any atom is 0.338 e. The summed E-state index contributed by atoms with van der Waals surface area (Å²) in [5.74, 6) is -0.294. The number of nitrogens with zero attached hydrogens (tertiary/aromatic N) is 3. The molecule has 0 saturated heterocycles. The number of carbonyl (C=O) groups is 1. The molecule has 0 saturated carbocycles. The molecule has 0 heterocycles. The van der Waals surface area contributed by atoms with Crippen LogP contribution in [0.25, 0.3) is 10.4 Å². The molecule has 0 amide bonds. The molecule has 0 aliphatic carbocycles. The van der Waals surface area contributed by atoms with E-state index in [1.807, 2.05) is 0 Å². The minimum Gasteiger partial charge on any atom is -0.461 e. The van der Waals surface area contributed by atoms with Crippen LogP contribution in [0.2, 0.25) is 0 Å². The fourth-order valence-corrected chi connectivity index (χ4v) is 1.51. The highest BCUT2D eigenvalue weighted by molar-refractivity contribution is 5.89. The molecule has 3 N–H and O–H groups in total. The number of nitrogens with two attached hydrogens (primary N) is 1. The Morgan fingerprint density at radius 3 is 2.30 bits per heavy atom. The molecule has 1 rings (SSSR count). The molecule has 0 radical (unpaired) electrons. The van der Waals surface area contributed by atoms with Crippen LogP contribution in [0.4, 0.5) is 5.69 Å². The number of anilines is 1. The van der Waals surface area contributed by atoms with Crippen LogP contribution in [0.15, 0.2) is 24.3 Å². The number of benzene rings is 1. The summed E-state index contributed by atoms with van der Waals surface area (Å²) in [5.41, 5.74) is 19.0. The first-order valence-electron chi connectivity index (χ1n) is 6.34. The van der Waals surface area contributed by atoms with Gasteiger partial charge in [-0.15, -0.1) is 5.53 Å². The van der Waals surface area contributed by atoms with Crippen molar-refractivity contribution < 1.29 is 9.53 Å². The molecular formula is C13H21N5O2. The summed E-state index contributed by atoms with van der Waals surface area (Å²) in [4.78, 5) is 15.6. The van der Waals surface area contributed by atoms with Gasteiger partial charge in [-0.05, 0) is 47.8 Å². The van der Waals surface area contributed by atoms with Crippen LogP contribution >= 0.6 is 0 Å². The quantitative estimate of drug-likeness (QED) is 0.274. The highest BCUT2D eigenvalue weighted by Crippen LogP contribution is 2.06. The highest BCUT2D eigenvalue weighted by atomic mass is 16.5. The Kier molecular flexibility index (Phi) is 9.47. The number of nitrogen functional groups attached to an aromatic ring is 1. The van der Waals surface area contributed by atoms with Crippen LogP contribution in [-0.4, -0.2) is 37.1 Å². The molecule has 0 spiro atoms. The molecule has 7 nitrogen and oxygen atoms in total. The number of hydrogen-bond acceptors (Lipinski definition) is 5. The van der Waals surface area contributed by atoms with E-state index in [0.29, 0.717) is 17.9 Å². The van der Waals surface area contributed by atoms with Crippen LogP contribution in [-0.2, 0) is 4.74 Å². The van der Waals surface area contributed by atoms with E-state index in [0.717, 1.165) is 19.6 Å².